The van der Waals surface area contributed by atoms with Gasteiger partial charge in [0.05, 0.1) is 22.8 Å². The van der Waals surface area contributed by atoms with Crippen LogP contribution in [0, 0.1) is 32.8 Å². The van der Waals surface area contributed by atoms with E-state index in [2.05, 4.69) is 37.1 Å². The highest BCUT2D eigenvalue weighted by Crippen LogP contribution is 2.44. The van der Waals surface area contributed by atoms with Gasteiger partial charge < -0.3 is 10.1 Å². The van der Waals surface area contributed by atoms with Gasteiger partial charge >= 0.3 is 5.97 Å². The molecule has 2 aromatic heterocycles. The van der Waals surface area contributed by atoms with Crippen LogP contribution in [-0.2, 0) is 17.6 Å². The molecular formula is C27H28N4O4S2. The van der Waals surface area contributed by atoms with E-state index in [4.69, 9.17) is 4.74 Å². The quantitative estimate of drug-likeness (QED) is 0.148. The molecule has 4 rings (SSSR count). The van der Waals surface area contributed by atoms with Crippen molar-refractivity contribution in [2.45, 2.75) is 47.0 Å². The number of allylic oxidation sites excluding steroid dienone is 1. The first-order valence-electron chi connectivity index (χ1n) is 12.0. The second-order valence-electron chi connectivity index (χ2n) is 9.89. The number of thiophene rings is 1. The molecular weight excluding hydrogens is 508 g/mol. The molecule has 0 saturated carbocycles. The van der Waals surface area contributed by atoms with Gasteiger partial charge in [-0.3, -0.25) is 10.1 Å². The summed E-state index contributed by atoms with van der Waals surface area (Å²) in [5, 5.41) is 26.9. The number of nitro groups is 1. The van der Waals surface area contributed by atoms with E-state index in [0.29, 0.717) is 32.8 Å². The number of fused-ring (bicyclic) bond motifs is 1. The van der Waals surface area contributed by atoms with Crippen LogP contribution in [0.5, 0.6) is 0 Å². The van der Waals surface area contributed by atoms with Crippen LogP contribution in [0.25, 0.3) is 16.8 Å². The fourth-order valence-corrected chi connectivity index (χ4v) is 6.49. The Balaban J connectivity index is 1.61. The monoisotopic (exact) mass is 536 g/mol. The SMILES string of the molecule is CCOC(=O)c1c(N/C=C(/C#N)c2nc(-c3ccc([N+](=O)[O-])cc3)cs2)sc2c1CC[C@@H](C(C)(C)C)C2. The highest BCUT2D eigenvalue weighted by Gasteiger charge is 2.34. The first-order chi connectivity index (χ1) is 17.6. The number of nitro benzene ring substituents is 1. The van der Waals surface area contributed by atoms with Crippen molar-refractivity contribution in [3.8, 4) is 17.3 Å². The smallest absolute Gasteiger partial charge is 0.341 e. The number of benzene rings is 1. The molecule has 0 amide bonds. The number of anilines is 1. The average molecular weight is 537 g/mol. The van der Waals surface area contributed by atoms with Gasteiger partial charge in [-0.25, -0.2) is 9.78 Å². The van der Waals surface area contributed by atoms with Gasteiger partial charge in [0.25, 0.3) is 5.69 Å². The van der Waals surface area contributed by atoms with Gasteiger partial charge in [0, 0.05) is 34.2 Å². The third-order valence-corrected chi connectivity index (χ3v) is 8.61. The Kier molecular flexibility index (Phi) is 7.76. The second-order valence-corrected chi connectivity index (χ2v) is 11.9. The Morgan fingerprint density at radius 3 is 2.70 bits per heavy atom. The molecule has 0 unspecified atom stereocenters. The van der Waals surface area contributed by atoms with E-state index in [9.17, 15) is 20.2 Å². The van der Waals surface area contributed by atoms with E-state index in [1.807, 2.05) is 5.38 Å². The van der Waals surface area contributed by atoms with E-state index in [1.165, 1.54) is 28.3 Å². The van der Waals surface area contributed by atoms with Gasteiger partial charge in [0.15, 0.2) is 0 Å². The summed E-state index contributed by atoms with van der Waals surface area (Å²) in [5.74, 6) is 0.179. The highest BCUT2D eigenvalue weighted by atomic mass is 32.1. The molecule has 0 aliphatic heterocycles. The number of nitrogens with zero attached hydrogens (tertiary/aromatic N) is 3. The number of hydrogen-bond acceptors (Lipinski definition) is 9. The number of carbonyl (C=O) groups is 1. The topological polar surface area (TPSA) is 118 Å². The predicted molar refractivity (Wildman–Crippen MR) is 147 cm³/mol. The lowest BCUT2D eigenvalue weighted by Crippen LogP contribution is -2.26. The number of non-ortho nitro benzene ring substituents is 1. The number of nitrogens with one attached hydrogen (secondary N) is 1. The second kappa shape index (κ2) is 10.8. The molecule has 1 atom stereocenters. The fourth-order valence-electron chi connectivity index (χ4n) is 4.41. The molecule has 0 fully saturated rings. The molecule has 3 aromatic rings. The van der Waals surface area contributed by atoms with Gasteiger partial charge in [0.1, 0.15) is 21.7 Å². The Labute approximate surface area is 223 Å². The van der Waals surface area contributed by atoms with E-state index < -0.39 is 4.92 Å². The fraction of sp³-hybridized carbons (Fsp3) is 0.370. The van der Waals surface area contributed by atoms with E-state index >= 15 is 0 Å². The molecule has 0 saturated heterocycles. The Hall–Kier alpha value is -3.55. The van der Waals surface area contributed by atoms with Gasteiger partial charge in [-0.1, -0.05) is 20.8 Å². The zero-order valence-electron chi connectivity index (χ0n) is 21.2. The van der Waals surface area contributed by atoms with Crippen molar-refractivity contribution in [3.05, 3.63) is 67.0 Å². The predicted octanol–water partition coefficient (Wildman–Crippen LogP) is 7.08. The molecule has 0 spiro atoms. The van der Waals surface area contributed by atoms with Crippen LogP contribution >= 0.6 is 22.7 Å². The third-order valence-electron chi connectivity index (χ3n) is 6.55. The molecule has 0 bridgehead atoms. The number of esters is 1. The molecule has 1 N–H and O–H groups in total. The van der Waals surface area contributed by atoms with Gasteiger partial charge in [0.2, 0.25) is 0 Å². The van der Waals surface area contributed by atoms with Crippen LogP contribution in [0.4, 0.5) is 10.7 Å². The summed E-state index contributed by atoms with van der Waals surface area (Å²) in [7, 11) is 0. The molecule has 0 radical (unpaired) electrons. The van der Waals surface area contributed by atoms with E-state index in [-0.39, 0.29) is 23.7 Å². The van der Waals surface area contributed by atoms with Crippen LogP contribution < -0.4 is 5.32 Å². The van der Waals surface area contributed by atoms with Crippen molar-refractivity contribution in [3.63, 3.8) is 0 Å². The minimum Gasteiger partial charge on any atom is -0.462 e. The number of thiazole rings is 1. The maximum atomic E-state index is 12.9. The van der Waals surface area contributed by atoms with Crippen molar-refractivity contribution in [1.29, 1.82) is 5.26 Å². The summed E-state index contributed by atoms with van der Waals surface area (Å²) >= 11 is 2.86. The number of aromatic nitrogens is 1. The Morgan fingerprint density at radius 1 is 1.35 bits per heavy atom. The molecule has 192 valence electrons. The number of rotatable bonds is 7. The largest absolute Gasteiger partial charge is 0.462 e. The summed E-state index contributed by atoms with van der Waals surface area (Å²) in [6.45, 7) is 8.84. The van der Waals surface area contributed by atoms with E-state index in [1.54, 1.807) is 36.6 Å². The molecule has 1 aliphatic rings. The van der Waals surface area contributed by atoms with Crippen molar-refractivity contribution >= 4 is 44.9 Å². The maximum absolute atomic E-state index is 12.9. The van der Waals surface area contributed by atoms with Crippen LogP contribution in [0.15, 0.2) is 35.8 Å². The number of hydrogen-bond donors (Lipinski definition) is 1. The van der Waals surface area contributed by atoms with Crippen LogP contribution in [-0.4, -0.2) is 22.5 Å². The minimum atomic E-state index is -0.450. The molecule has 2 heterocycles. The summed E-state index contributed by atoms with van der Waals surface area (Å²) < 4.78 is 5.37. The molecule has 37 heavy (non-hydrogen) atoms. The maximum Gasteiger partial charge on any atom is 0.341 e. The van der Waals surface area contributed by atoms with Crippen molar-refractivity contribution < 1.29 is 14.5 Å². The summed E-state index contributed by atoms with van der Waals surface area (Å²) in [6, 6.07) is 8.31. The van der Waals surface area contributed by atoms with Crippen LogP contribution in [0.3, 0.4) is 0 Å². The minimum absolute atomic E-state index is 0.00545. The summed E-state index contributed by atoms with van der Waals surface area (Å²) in [6.07, 6.45) is 4.34. The lowest BCUT2D eigenvalue weighted by molar-refractivity contribution is -0.384. The normalized spacial score (nSPS) is 15.5. The molecule has 1 aromatic carbocycles. The highest BCUT2D eigenvalue weighted by molar-refractivity contribution is 7.16. The van der Waals surface area contributed by atoms with Gasteiger partial charge in [-0.05, 0) is 55.2 Å². The van der Waals surface area contributed by atoms with E-state index in [0.717, 1.165) is 30.4 Å². The number of carbonyl (C=O) groups excluding carboxylic acids is 1. The summed E-state index contributed by atoms with van der Waals surface area (Å²) in [4.78, 5) is 29.1. The van der Waals surface area contributed by atoms with Gasteiger partial charge in [-0.2, -0.15) is 5.26 Å². The summed E-state index contributed by atoms with van der Waals surface area (Å²) in [5.41, 5.74) is 3.48. The van der Waals surface area contributed by atoms with Crippen LogP contribution in [0.2, 0.25) is 0 Å². The standard InChI is InChI=1S/C27H28N4O4S2/c1-5-35-26(32)23-20-11-8-18(27(2,3)4)12-22(20)37-25(23)29-14-17(13-28)24-30-21(15-36-24)16-6-9-19(10-7-16)31(33)34/h6-7,9-10,14-15,18,29H,5,8,11-12H2,1-4H3/b17-14-/t18-/m1/s1. The average Bonchev–Trinajstić information content (AvgIpc) is 3.49. The van der Waals surface area contributed by atoms with Crippen LogP contribution in [0.1, 0.15) is 59.9 Å². The Bertz CT molecular complexity index is 1390. The van der Waals surface area contributed by atoms with Crippen molar-refractivity contribution in [2.24, 2.45) is 11.3 Å². The van der Waals surface area contributed by atoms with Crippen molar-refractivity contribution in [2.75, 3.05) is 11.9 Å². The molecule has 1 aliphatic carbocycles. The third kappa shape index (κ3) is 5.73. The number of ether oxygens (including phenoxy) is 1. The number of nitriles is 1. The molecule has 10 heteroatoms. The van der Waals surface area contributed by atoms with Gasteiger partial charge in [-0.15, -0.1) is 22.7 Å². The first kappa shape index (κ1) is 26.5. The first-order valence-corrected chi connectivity index (χ1v) is 13.7. The zero-order chi connectivity index (χ0) is 26.7. The lowest BCUT2D eigenvalue weighted by Gasteiger charge is -2.33. The Morgan fingerprint density at radius 2 is 2.08 bits per heavy atom. The zero-order valence-corrected chi connectivity index (χ0v) is 22.8. The molecule has 8 nitrogen and oxygen atoms in total. The van der Waals surface area contributed by atoms with Crippen molar-refractivity contribution in [1.82, 2.24) is 4.98 Å². The lowest BCUT2D eigenvalue weighted by atomic mass is 9.72.